The van der Waals surface area contributed by atoms with Gasteiger partial charge in [-0.2, -0.15) is 11.8 Å². The standard InChI is InChI=1S/C11H16Cl2N2S/c1-3-7(6-16-2)15-11-5-9(13)8(12)4-10(11)14/h4-5,7,15H,3,6,14H2,1-2H3. The number of nitrogen functional groups attached to an aromatic ring is 1. The predicted octanol–water partition coefficient (Wildman–Crippen LogP) is 4.13. The van der Waals surface area contributed by atoms with Crippen LogP contribution in [0.3, 0.4) is 0 Å². The Hall–Kier alpha value is -0.250. The predicted molar refractivity (Wildman–Crippen MR) is 77.0 cm³/mol. The van der Waals surface area contributed by atoms with Gasteiger partial charge in [-0.3, -0.25) is 0 Å². The second kappa shape index (κ2) is 6.48. The lowest BCUT2D eigenvalue weighted by Gasteiger charge is -2.19. The summed E-state index contributed by atoms with van der Waals surface area (Å²) in [6.45, 7) is 2.14. The zero-order valence-electron chi connectivity index (χ0n) is 9.39. The van der Waals surface area contributed by atoms with E-state index in [0.29, 0.717) is 21.8 Å². The number of hydrogen-bond donors (Lipinski definition) is 2. The third-order valence-corrected chi connectivity index (χ3v) is 3.77. The number of rotatable bonds is 5. The van der Waals surface area contributed by atoms with Crippen molar-refractivity contribution in [1.29, 1.82) is 0 Å². The van der Waals surface area contributed by atoms with Gasteiger partial charge < -0.3 is 11.1 Å². The summed E-state index contributed by atoms with van der Waals surface area (Å²) < 4.78 is 0. The summed E-state index contributed by atoms with van der Waals surface area (Å²) in [7, 11) is 0. The van der Waals surface area contributed by atoms with Gasteiger partial charge in [0.05, 0.1) is 21.4 Å². The molecule has 0 bridgehead atoms. The second-order valence-corrected chi connectivity index (χ2v) is 5.28. The van der Waals surface area contributed by atoms with Gasteiger partial charge in [-0.15, -0.1) is 0 Å². The van der Waals surface area contributed by atoms with Crippen LogP contribution in [0.1, 0.15) is 13.3 Å². The molecule has 3 N–H and O–H groups in total. The molecule has 0 aromatic heterocycles. The molecule has 16 heavy (non-hydrogen) atoms. The van der Waals surface area contributed by atoms with Crippen molar-refractivity contribution in [1.82, 2.24) is 0 Å². The van der Waals surface area contributed by atoms with Crippen LogP contribution in [0.15, 0.2) is 12.1 Å². The number of halogens is 2. The first-order chi connectivity index (χ1) is 7.58. The molecule has 0 aliphatic carbocycles. The highest BCUT2D eigenvalue weighted by atomic mass is 35.5. The Bertz CT molecular complexity index is 358. The molecule has 1 rings (SSSR count). The van der Waals surface area contributed by atoms with Crippen molar-refractivity contribution in [2.45, 2.75) is 19.4 Å². The lowest BCUT2D eigenvalue weighted by atomic mass is 10.2. The van der Waals surface area contributed by atoms with Crippen molar-refractivity contribution in [3.05, 3.63) is 22.2 Å². The molecule has 0 fully saturated rings. The van der Waals surface area contributed by atoms with Crippen molar-refractivity contribution >= 4 is 46.3 Å². The molecule has 0 saturated heterocycles. The Morgan fingerprint density at radius 2 is 2.00 bits per heavy atom. The van der Waals surface area contributed by atoms with Crippen LogP contribution in [-0.4, -0.2) is 18.1 Å². The van der Waals surface area contributed by atoms with Crippen LogP contribution in [0, 0.1) is 0 Å². The minimum atomic E-state index is 0.398. The number of nitrogens with one attached hydrogen (secondary N) is 1. The van der Waals surface area contributed by atoms with Crippen LogP contribution in [0.2, 0.25) is 10.0 Å². The Labute approximate surface area is 111 Å². The number of thioether (sulfide) groups is 1. The molecule has 1 aromatic rings. The van der Waals surface area contributed by atoms with Gasteiger partial charge in [-0.05, 0) is 24.8 Å². The number of benzene rings is 1. The first-order valence-electron chi connectivity index (χ1n) is 5.08. The van der Waals surface area contributed by atoms with E-state index in [-0.39, 0.29) is 0 Å². The van der Waals surface area contributed by atoms with Gasteiger partial charge in [0.15, 0.2) is 0 Å². The first-order valence-corrected chi connectivity index (χ1v) is 7.23. The van der Waals surface area contributed by atoms with Crippen molar-refractivity contribution in [3.63, 3.8) is 0 Å². The molecule has 2 nitrogen and oxygen atoms in total. The molecule has 1 atom stereocenters. The monoisotopic (exact) mass is 278 g/mol. The quantitative estimate of drug-likeness (QED) is 0.796. The summed E-state index contributed by atoms with van der Waals surface area (Å²) in [5.74, 6) is 1.04. The number of nitrogens with two attached hydrogens (primary N) is 1. The van der Waals surface area contributed by atoms with E-state index in [1.165, 1.54) is 0 Å². The molecule has 0 spiro atoms. The van der Waals surface area contributed by atoms with Gasteiger partial charge in [-0.25, -0.2) is 0 Å². The van der Waals surface area contributed by atoms with Gasteiger partial charge in [0.2, 0.25) is 0 Å². The third-order valence-electron chi connectivity index (χ3n) is 2.31. The van der Waals surface area contributed by atoms with Crippen LogP contribution in [0.25, 0.3) is 0 Å². The van der Waals surface area contributed by atoms with E-state index in [1.54, 1.807) is 23.9 Å². The Morgan fingerprint density at radius 1 is 1.38 bits per heavy atom. The summed E-state index contributed by atoms with van der Waals surface area (Å²) in [6.07, 6.45) is 3.13. The van der Waals surface area contributed by atoms with Crippen LogP contribution in [-0.2, 0) is 0 Å². The summed E-state index contributed by atoms with van der Waals surface area (Å²) in [5, 5.41) is 4.39. The van der Waals surface area contributed by atoms with E-state index in [0.717, 1.165) is 17.9 Å². The van der Waals surface area contributed by atoms with Crippen LogP contribution in [0.4, 0.5) is 11.4 Å². The maximum Gasteiger partial charge on any atom is 0.0614 e. The maximum absolute atomic E-state index is 5.96. The maximum atomic E-state index is 5.96. The summed E-state index contributed by atoms with van der Waals surface area (Å²) in [4.78, 5) is 0. The van der Waals surface area contributed by atoms with Crippen LogP contribution in [0.5, 0.6) is 0 Å². The highest BCUT2D eigenvalue weighted by molar-refractivity contribution is 7.98. The minimum absolute atomic E-state index is 0.398. The largest absolute Gasteiger partial charge is 0.397 e. The Balaban J connectivity index is 2.83. The average Bonchev–Trinajstić information content (AvgIpc) is 2.25. The molecule has 0 heterocycles. The van der Waals surface area contributed by atoms with Crippen molar-refractivity contribution in [2.75, 3.05) is 23.1 Å². The number of anilines is 2. The van der Waals surface area contributed by atoms with Gasteiger partial charge in [-0.1, -0.05) is 30.1 Å². The average molecular weight is 279 g/mol. The molecule has 0 saturated carbocycles. The van der Waals surface area contributed by atoms with E-state index in [9.17, 15) is 0 Å². The molecule has 5 heteroatoms. The van der Waals surface area contributed by atoms with Crippen molar-refractivity contribution < 1.29 is 0 Å². The SMILES string of the molecule is CCC(CSC)Nc1cc(Cl)c(Cl)cc1N. The van der Waals surface area contributed by atoms with Gasteiger partial charge in [0.1, 0.15) is 0 Å². The zero-order valence-corrected chi connectivity index (χ0v) is 11.7. The van der Waals surface area contributed by atoms with E-state index in [4.69, 9.17) is 28.9 Å². The minimum Gasteiger partial charge on any atom is -0.397 e. The van der Waals surface area contributed by atoms with E-state index in [1.807, 2.05) is 0 Å². The van der Waals surface area contributed by atoms with Crippen molar-refractivity contribution in [3.8, 4) is 0 Å². The van der Waals surface area contributed by atoms with Crippen LogP contribution < -0.4 is 11.1 Å². The second-order valence-electron chi connectivity index (χ2n) is 3.56. The van der Waals surface area contributed by atoms with Gasteiger partial charge >= 0.3 is 0 Å². The molecule has 0 aliphatic heterocycles. The topological polar surface area (TPSA) is 38.0 Å². The normalized spacial score (nSPS) is 12.5. The Kier molecular flexibility index (Phi) is 5.59. The van der Waals surface area contributed by atoms with Gasteiger partial charge in [0.25, 0.3) is 0 Å². The summed E-state index contributed by atoms with van der Waals surface area (Å²) in [5.41, 5.74) is 7.37. The summed E-state index contributed by atoms with van der Waals surface area (Å²) in [6, 6.07) is 3.86. The smallest absolute Gasteiger partial charge is 0.0614 e. The van der Waals surface area contributed by atoms with Crippen molar-refractivity contribution in [2.24, 2.45) is 0 Å². The molecular formula is C11H16Cl2N2S. The zero-order chi connectivity index (χ0) is 12.1. The van der Waals surface area contributed by atoms with Gasteiger partial charge in [0, 0.05) is 11.8 Å². The Morgan fingerprint density at radius 3 is 2.56 bits per heavy atom. The highest BCUT2D eigenvalue weighted by Gasteiger charge is 2.09. The van der Waals surface area contributed by atoms with E-state index >= 15 is 0 Å². The number of hydrogen-bond acceptors (Lipinski definition) is 3. The molecule has 0 aliphatic rings. The fourth-order valence-corrected chi connectivity index (χ4v) is 2.43. The first kappa shape index (κ1) is 13.8. The van der Waals surface area contributed by atoms with Crippen LogP contribution >= 0.6 is 35.0 Å². The molecule has 90 valence electrons. The summed E-state index contributed by atoms with van der Waals surface area (Å²) >= 11 is 13.6. The molecule has 1 unspecified atom stereocenters. The fourth-order valence-electron chi connectivity index (χ4n) is 1.37. The third kappa shape index (κ3) is 3.65. The molecule has 0 radical (unpaired) electrons. The fraction of sp³-hybridized carbons (Fsp3) is 0.455. The lowest BCUT2D eigenvalue weighted by Crippen LogP contribution is -2.21. The molecule has 1 aromatic carbocycles. The molecular weight excluding hydrogens is 263 g/mol. The lowest BCUT2D eigenvalue weighted by molar-refractivity contribution is 0.775. The molecule has 0 amide bonds. The highest BCUT2D eigenvalue weighted by Crippen LogP contribution is 2.31. The van der Waals surface area contributed by atoms with E-state index < -0.39 is 0 Å². The van der Waals surface area contributed by atoms with E-state index in [2.05, 4.69) is 18.5 Å².